The predicted molar refractivity (Wildman–Crippen MR) is 80.6 cm³/mol. The lowest BCUT2D eigenvalue weighted by molar-refractivity contribution is 0.0191. The second-order valence-electron chi connectivity index (χ2n) is 6.07. The minimum absolute atomic E-state index is 0.300. The third-order valence-electron chi connectivity index (χ3n) is 4.52. The summed E-state index contributed by atoms with van der Waals surface area (Å²) < 4.78 is 17.0. The Balaban J connectivity index is 1.28. The van der Waals surface area contributed by atoms with E-state index < -0.39 is 0 Å². The van der Waals surface area contributed by atoms with Gasteiger partial charge < -0.3 is 24.8 Å². The van der Waals surface area contributed by atoms with Gasteiger partial charge in [-0.05, 0) is 32.1 Å². The average molecular weight is 297 g/mol. The summed E-state index contributed by atoms with van der Waals surface area (Å²) in [6.07, 6.45) is 6.89. The third kappa shape index (κ3) is 4.08. The Bertz CT molecular complexity index is 358. The second kappa shape index (κ2) is 7.42. The zero-order chi connectivity index (χ0) is 14.5. The van der Waals surface area contributed by atoms with Crippen LogP contribution in [0.15, 0.2) is 4.99 Å². The summed E-state index contributed by atoms with van der Waals surface area (Å²) in [6, 6.07) is 0.405. The average Bonchev–Trinajstić information content (AvgIpc) is 3.23. The van der Waals surface area contributed by atoms with Gasteiger partial charge in [-0.3, -0.25) is 4.99 Å². The molecule has 0 spiro atoms. The molecule has 3 rings (SSSR count). The SMILES string of the molecule is CN=C(NCCOCC1CCCO1)NC1CC2CCC1O2. The summed E-state index contributed by atoms with van der Waals surface area (Å²) in [4.78, 5) is 4.27. The van der Waals surface area contributed by atoms with Crippen LogP contribution in [0.25, 0.3) is 0 Å². The molecule has 2 N–H and O–H groups in total. The van der Waals surface area contributed by atoms with Gasteiger partial charge in [0.1, 0.15) is 0 Å². The van der Waals surface area contributed by atoms with E-state index in [1.807, 2.05) is 0 Å². The first-order valence-electron chi connectivity index (χ1n) is 8.17. The van der Waals surface area contributed by atoms with E-state index in [1.54, 1.807) is 7.05 Å². The van der Waals surface area contributed by atoms with Gasteiger partial charge in [-0.2, -0.15) is 0 Å². The monoisotopic (exact) mass is 297 g/mol. The van der Waals surface area contributed by atoms with Crippen molar-refractivity contribution in [1.82, 2.24) is 10.6 Å². The van der Waals surface area contributed by atoms with Crippen LogP contribution < -0.4 is 10.6 Å². The van der Waals surface area contributed by atoms with Crippen molar-refractivity contribution >= 4 is 5.96 Å². The maximum Gasteiger partial charge on any atom is 0.191 e. The van der Waals surface area contributed by atoms with Crippen molar-refractivity contribution in [1.29, 1.82) is 0 Å². The quantitative estimate of drug-likeness (QED) is 0.428. The number of nitrogens with zero attached hydrogens (tertiary/aromatic N) is 1. The Kier molecular flexibility index (Phi) is 5.32. The molecule has 2 bridgehead atoms. The highest BCUT2D eigenvalue weighted by atomic mass is 16.5. The minimum atomic E-state index is 0.300. The maximum atomic E-state index is 5.85. The number of hydrogen-bond acceptors (Lipinski definition) is 4. The van der Waals surface area contributed by atoms with Crippen LogP contribution in [0.1, 0.15) is 32.1 Å². The van der Waals surface area contributed by atoms with Gasteiger partial charge in [0.25, 0.3) is 0 Å². The molecule has 0 aromatic heterocycles. The summed E-state index contributed by atoms with van der Waals surface area (Å²) >= 11 is 0. The number of aliphatic imine (C=N–C) groups is 1. The van der Waals surface area contributed by atoms with Crippen LogP contribution in [0, 0.1) is 0 Å². The molecule has 0 saturated carbocycles. The lowest BCUT2D eigenvalue weighted by atomic mass is 9.96. The largest absolute Gasteiger partial charge is 0.377 e. The first-order valence-corrected chi connectivity index (χ1v) is 8.17. The summed E-state index contributed by atoms with van der Waals surface area (Å²) in [5.74, 6) is 0.844. The standard InChI is InChI=1S/C15H27N3O3/c1-16-15(18-13-9-11-4-5-14(13)21-11)17-6-8-19-10-12-3-2-7-20-12/h11-14H,2-10H2,1H3,(H2,16,17,18). The minimum Gasteiger partial charge on any atom is -0.377 e. The highest BCUT2D eigenvalue weighted by molar-refractivity contribution is 5.80. The van der Waals surface area contributed by atoms with Crippen molar-refractivity contribution in [3.8, 4) is 0 Å². The molecule has 4 atom stereocenters. The van der Waals surface area contributed by atoms with Gasteiger partial charge in [0.05, 0.1) is 37.6 Å². The van der Waals surface area contributed by atoms with Crippen LogP contribution in [0.2, 0.25) is 0 Å². The zero-order valence-corrected chi connectivity index (χ0v) is 12.8. The van der Waals surface area contributed by atoms with Crippen LogP contribution in [-0.2, 0) is 14.2 Å². The van der Waals surface area contributed by atoms with Crippen molar-refractivity contribution in [3.05, 3.63) is 0 Å². The smallest absolute Gasteiger partial charge is 0.191 e. The van der Waals surface area contributed by atoms with Crippen molar-refractivity contribution in [2.75, 3.05) is 33.4 Å². The number of fused-ring (bicyclic) bond motifs is 2. The first kappa shape index (κ1) is 15.1. The highest BCUT2D eigenvalue weighted by Gasteiger charge is 2.41. The van der Waals surface area contributed by atoms with Gasteiger partial charge >= 0.3 is 0 Å². The van der Waals surface area contributed by atoms with Crippen LogP contribution >= 0.6 is 0 Å². The molecule has 120 valence electrons. The van der Waals surface area contributed by atoms with Crippen molar-refractivity contribution in [2.24, 2.45) is 4.99 Å². The molecule has 3 saturated heterocycles. The Morgan fingerprint density at radius 3 is 2.95 bits per heavy atom. The highest BCUT2D eigenvalue weighted by Crippen LogP contribution is 2.34. The van der Waals surface area contributed by atoms with E-state index in [-0.39, 0.29) is 0 Å². The number of hydrogen-bond donors (Lipinski definition) is 2. The molecule has 0 aliphatic carbocycles. The van der Waals surface area contributed by atoms with E-state index in [9.17, 15) is 0 Å². The molecular formula is C15H27N3O3. The lowest BCUT2D eigenvalue weighted by Gasteiger charge is -2.22. The molecule has 0 radical (unpaired) electrons. The maximum absolute atomic E-state index is 5.85. The van der Waals surface area contributed by atoms with E-state index in [0.717, 1.165) is 38.4 Å². The van der Waals surface area contributed by atoms with Gasteiger partial charge in [0, 0.05) is 20.2 Å². The molecule has 4 unspecified atom stereocenters. The Morgan fingerprint density at radius 1 is 1.33 bits per heavy atom. The molecule has 21 heavy (non-hydrogen) atoms. The normalized spacial score (nSPS) is 35.4. The molecule has 3 fully saturated rings. The topological polar surface area (TPSA) is 64.1 Å². The van der Waals surface area contributed by atoms with Crippen LogP contribution in [0.4, 0.5) is 0 Å². The molecule has 6 nitrogen and oxygen atoms in total. The summed E-state index contributed by atoms with van der Waals surface area (Å²) in [6.45, 7) is 3.02. The Morgan fingerprint density at radius 2 is 2.29 bits per heavy atom. The fraction of sp³-hybridized carbons (Fsp3) is 0.933. The Hall–Kier alpha value is -0.850. The van der Waals surface area contributed by atoms with Gasteiger partial charge in [0.15, 0.2) is 5.96 Å². The van der Waals surface area contributed by atoms with Crippen LogP contribution in [-0.4, -0.2) is 63.7 Å². The lowest BCUT2D eigenvalue weighted by Crippen LogP contribution is -2.48. The fourth-order valence-corrected chi connectivity index (χ4v) is 3.39. The van der Waals surface area contributed by atoms with Crippen LogP contribution in [0.5, 0.6) is 0 Å². The Labute approximate surface area is 126 Å². The first-order chi connectivity index (χ1) is 10.3. The van der Waals surface area contributed by atoms with E-state index >= 15 is 0 Å². The third-order valence-corrected chi connectivity index (χ3v) is 4.52. The summed E-state index contributed by atoms with van der Waals surface area (Å²) in [5.41, 5.74) is 0. The van der Waals surface area contributed by atoms with E-state index in [2.05, 4.69) is 15.6 Å². The van der Waals surface area contributed by atoms with Gasteiger partial charge in [-0.15, -0.1) is 0 Å². The van der Waals surface area contributed by atoms with E-state index in [4.69, 9.17) is 14.2 Å². The van der Waals surface area contributed by atoms with Gasteiger partial charge in [-0.25, -0.2) is 0 Å². The van der Waals surface area contributed by atoms with E-state index in [0.29, 0.717) is 37.6 Å². The summed E-state index contributed by atoms with van der Waals surface area (Å²) in [7, 11) is 1.80. The van der Waals surface area contributed by atoms with Crippen molar-refractivity contribution in [3.63, 3.8) is 0 Å². The number of rotatable bonds is 6. The second-order valence-corrected chi connectivity index (χ2v) is 6.07. The van der Waals surface area contributed by atoms with E-state index in [1.165, 1.54) is 12.8 Å². The molecule has 3 heterocycles. The van der Waals surface area contributed by atoms with Crippen LogP contribution in [0.3, 0.4) is 0 Å². The van der Waals surface area contributed by atoms with Crippen molar-refractivity contribution in [2.45, 2.75) is 56.5 Å². The van der Waals surface area contributed by atoms with Gasteiger partial charge in [0.2, 0.25) is 0 Å². The van der Waals surface area contributed by atoms with Gasteiger partial charge in [-0.1, -0.05) is 0 Å². The fourth-order valence-electron chi connectivity index (χ4n) is 3.39. The molecule has 0 aromatic rings. The zero-order valence-electron chi connectivity index (χ0n) is 12.8. The molecular weight excluding hydrogens is 270 g/mol. The molecule has 3 aliphatic rings. The number of nitrogens with one attached hydrogen (secondary N) is 2. The number of ether oxygens (including phenoxy) is 3. The predicted octanol–water partition coefficient (Wildman–Crippen LogP) is 0.667. The molecule has 0 aromatic carbocycles. The van der Waals surface area contributed by atoms with Crippen molar-refractivity contribution < 1.29 is 14.2 Å². The molecule has 3 aliphatic heterocycles. The number of guanidine groups is 1. The molecule has 6 heteroatoms. The summed E-state index contributed by atoms with van der Waals surface area (Å²) in [5, 5.41) is 6.76. The molecule has 0 amide bonds.